The van der Waals surface area contributed by atoms with Crippen LogP contribution in [0.2, 0.25) is 0 Å². The molecule has 0 saturated carbocycles. The smallest absolute Gasteiger partial charge is 0.0630 e. The molecule has 0 atom stereocenters. The highest BCUT2D eigenvalue weighted by Gasteiger charge is 2.02. The Bertz CT molecular complexity index is 559. The van der Waals surface area contributed by atoms with Gasteiger partial charge in [-0.05, 0) is 28.8 Å². The van der Waals surface area contributed by atoms with E-state index >= 15 is 0 Å². The van der Waals surface area contributed by atoms with E-state index in [9.17, 15) is 0 Å². The van der Waals surface area contributed by atoms with Gasteiger partial charge in [-0.2, -0.15) is 0 Å². The van der Waals surface area contributed by atoms with E-state index in [1.807, 2.05) is 67.5 Å². The van der Waals surface area contributed by atoms with Gasteiger partial charge in [-0.3, -0.25) is 0 Å². The van der Waals surface area contributed by atoms with Crippen molar-refractivity contribution in [2.75, 3.05) is 19.0 Å². The average Bonchev–Trinajstić information content (AvgIpc) is 2.38. The van der Waals surface area contributed by atoms with Crippen LogP contribution in [0, 0.1) is 0 Å². The molecule has 0 radical (unpaired) electrons. The maximum atomic E-state index is 8.10. The summed E-state index contributed by atoms with van der Waals surface area (Å²) >= 11 is 0. The van der Waals surface area contributed by atoms with E-state index in [-0.39, 0.29) is 0 Å². The van der Waals surface area contributed by atoms with Crippen molar-refractivity contribution in [3.8, 4) is 0 Å². The lowest BCUT2D eigenvalue weighted by Gasteiger charge is -2.13. The van der Waals surface area contributed by atoms with Gasteiger partial charge in [-0.15, -0.1) is 0 Å². The monoisotopic (exact) mass is 224 g/mol. The van der Waals surface area contributed by atoms with Crippen LogP contribution in [-0.4, -0.2) is 14.1 Å². The number of rotatable bonds is 3. The van der Waals surface area contributed by atoms with Gasteiger partial charge in [0.1, 0.15) is 0 Å². The zero-order valence-electron chi connectivity index (χ0n) is 11.3. The van der Waals surface area contributed by atoms with Crippen molar-refractivity contribution in [1.82, 2.24) is 0 Å². The van der Waals surface area contributed by atoms with E-state index in [2.05, 4.69) is 6.58 Å². The Morgan fingerprint density at radius 1 is 1.00 bits per heavy atom. The van der Waals surface area contributed by atoms with Crippen LogP contribution in [0.4, 0.5) is 5.69 Å². The highest BCUT2D eigenvalue weighted by molar-refractivity contribution is 5.78. The standard InChI is InChI=1S/C16H17N/c1-13(14-7-5-4-6-8-14)15-9-11-16(12-10-15)17(2)3/h4-12H,1H2,2-3H3/i9D. The van der Waals surface area contributed by atoms with Crippen molar-refractivity contribution >= 4 is 11.3 Å². The molecule has 1 nitrogen and oxygen atoms in total. The minimum Gasteiger partial charge on any atom is -0.378 e. The average molecular weight is 224 g/mol. The van der Waals surface area contributed by atoms with E-state index in [0.29, 0.717) is 6.04 Å². The van der Waals surface area contributed by atoms with Crippen molar-refractivity contribution in [3.05, 3.63) is 72.3 Å². The molecule has 0 aliphatic rings. The molecular weight excluding hydrogens is 206 g/mol. The van der Waals surface area contributed by atoms with Gasteiger partial charge in [0.05, 0.1) is 1.37 Å². The van der Waals surface area contributed by atoms with Gasteiger partial charge < -0.3 is 4.90 Å². The zero-order valence-corrected chi connectivity index (χ0v) is 10.3. The van der Waals surface area contributed by atoms with Gasteiger partial charge in [-0.1, -0.05) is 49.0 Å². The Morgan fingerprint density at radius 3 is 2.29 bits per heavy atom. The van der Waals surface area contributed by atoms with E-state index < -0.39 is 0 Å². The number of benzene rings is 2. The molecule has 17 heavy (non-hydrogen) atoms. The molecule has 86 valence electrons. The fraction of sp³-hybridized carbons (Fsp3) is 0.125. The summed E-state index contributed by atoms with van der Waals surface area (Å²) in [6.45, 7) is 4.10. The van der Waals surface area contributed by atoms with Gasteiger partial charge in [0, 0.05) is 19.8 Å². The van der Waals surface area contributed by atoms with E-state index in [0.717, 1.165) is 22.4 Å². The number of hydrogen-bond donors (Lipinski definition) is 0. The van der Waals surface area contributed by atoms with Gasteiger partial charge >= 0.3 is 0 Å². The summed E-state index contributed by atoms with van der Waals surface area (Å²) in [5.74, 6) is 0. The Labute approximate surface area is 104 Å². The Hall–Kier alpha value is -2.02. The molecule has 0 N–H and O–H groups in total. The SMILES string of the molecule is [2H]c1cc(N(C)C)ccc1C(=C)c1ccccc1. The fourth-order valence-corrected chi connectivity index (χ4v) is 1.68. The Balaban J connectivity index is 2.38. The fourth-order valence-electron chi connectivity index (χ4n) is 1.68. The van der Waals surface area contributed by atoms with Crippen molar-refractivity contribution in [3.63, 3.8) is 0 Å². The molecule has 0 bridgehead atoms. The highest BCUT2D eigenvalue weighted by Crippen LogP contribution is 2.23. The van der Waals surface area contributed by atoms with Crippen LogP contribution >= 0.6 is 0 Å². The summed E-state index contributed by atoms with van der Waals surface area (Å²) in [5, 5.41) is 0. The van der Waals surface area contributed by atoms with Crippen LogP contribution in [-0.2, 0) is 0 Å². The molecule has 0 aliphatic carbocycles. The lowest BCUT2D eigenvalue weighted by molar-refractivity contribution is 1.13. The van der Waals surface area contributed by atoms with Crippen LogP contribution in [0.25, 0.3) is 5.57 Å². The molecule has 0 aliphatic heterocycles. The van der Waals surface area contributed by atoms with Crippen molar-refractivity contribution in [2.24, 2.45) is 0 Å². The third kappa shape index (κ3) is 2.56. The molecule has 2 aromatic rings. The van der Waals surface area contributed by atoms with Crippen molar-refractivity contribution in [2.45, 2.75) is 0 Å². The first-order valence-corrected chi connectivity index (χ1v) is 5.62. The maximum absolute atomic E-state index is 8.10. The van der Waals surface area contributed by atoms with E-state index in [1.165, 1.54) is 0 Å². The molecule has 0 unspecified atom stereocenters. The topological polar surface area (TPSA) is 3.24 Å². The molecule has 2 aromatic carbocycles. The van der Waals surface area contributed by atoms with Crippen molar-refractivity contribution < 1.29 is 1.37 Å². The molecular formula is C16H17N. The largest absolute Gasteiger partial charge is 0.378 e. The first-order valence-electron chi connectivity index (χ1n) is 6.12. The summed E-state index contributed by atoms with van der Waals surface area (Å²) in [5.41, 5.74) is 3.87. The molecule has 0 saturated heterocycles. The molecule has 2 rings (SSSR count). The Morgan fingerprint density at radius 2 is 1.71 bits per heavy atom. The summed E-state index contributed by atoms with van der Waals surface area (Å²) in [7, 11) is 3.95. The summed E-state index contributed by atoms with van der Waals surface area (Å²) in [4.78, 5) is 1.99. The van der Waals surface area contributed by atoms with Crippen LogP contribution in [0.5, 0.6) is 0 Å². The minimum absolute atomic E-state index is 0.509. The van der Waals surface area contributed by atoms with Crippen LogP contribution < -0.4 is 4.90 Å². The van der Waals surface area contributed by atoms with Gasteiger partial charge in [0.15, 0.2) is 0 Å². The van der Waals surface area contributed by atoms with Gasteiger partial charge in [0.25, 0.3) is 0 Å². The second-order valence-electron chi connectivity index (χ2n) is 4.20. The predicted molar refractivity (Wildman–Crippen MR) is 75.3 cm³/mol. The third-order valence-corrected chi connectivity index (χ3v) is 2.76. The van der Waals surface area contributed by atoms with Crippen LogP contribution in [0.1, 0.15) is 12.5 Å². The van der Waals surface area contributed by atoms with Gasteiger partial charge in [-0.25, -0.2) is 0 Å². The first-order chi connectivity index (χ1) is 8.59. The number of nitrogens with zero attached hydrogens (tertiary/aromatic N) is 1. The Kier molecular flexibility index (Phi) is 2.91. The predicted octanol–water partition coefficient (Wildman–Crippen LogP) is 3.81. The van der Waals surface area contributed by atoms with Gasteiger partial charge in [0.2, 0.25) is 0 Å². The second kappa shape index (κ2) is 4.88. The maximum Gasteiger partial charge on any atom is 0.0630 e. The molecule has 0 heterocycles. The summed E-state index contributed by atoms with van der Waals surface area (Å²) < 4.78 is 8.10. The normalized spacial score (nSPS) is 10.8. The number of hydrogen-bond acceptors (Lipinski definition) is 1. The van der Waals surface area contributed by atoms with E-state index in [1.54, 1.807) is 0 Å². The lowest BCUT2D eigenvalue weighted by Crippen LogP contribution is -2.08. The van der Waals surface area contributed by atoms with Crippen LogP contribution in [0.15, 0.2) is 61.2 Å². The van der Waals surface area contributed by atoms with Crippen LogP contribution in [0.3, 0.4) is 0 Å². The molecule has 1 heteroatoms. The zero-order chi connectivity index (χ0) is 13.1. The molecule has 0 amide bonds. The molecule has 0 spiro atoms. The quantitative estimate of drug-likeness (QED) is 0.766. The second-order valence-corrected chi connectivity index (χ2v) is 4.20. The molecule has 0 aromatic heterocycles. The third-order valence-electron chi connectivity index (χ3n) is 2.76. The van der Waals surface area contributed by atoms with Crippen molar-refractivity contribution in [1.29, 1.82) is 0 Å². The highest BCUT2D eigenvalue weighted by atomic mass is 15.1. The first kappa shape index (κ1) is 10.2. The van der Waals surface area contributed by atoms with E-state index in [4.69, 9.17) is 1.37 Å². The summed E-state index contributed by atoms with van der Waals surface area (Å²) in [6, 6.07) is 16.3. The lowest BCUT2D eigenvalue weighted by atomic mass is 9.99. The minimum atomic E-state index is 0.509. The molecule has 0 fully saturated rings. The summed E-state index contributed by atoms with van der Waals surface area (Å²) in [6.07, 6.45) is 0. The number of anilines is 1.